The highest BCUT2D eigenvalue weighted by atomic mass is 16.5. The largest absolute Gasteiger partial charge is 0.469 e. The van der Waals surface area contributed by atoms with E-state index in [0.29, 0.717) is 17.9 Å². The predicted octanol–water partition coefficient (Wildman–Crippen LogP) is 2.55. The lowest BCUT2D eigenvalue weighted by molar-refractivity contribution is -0.155. The SMILES string of the molecule is COC(=O)C(C)(C)[C@@H]1CC[C@@H](N(C)C)[C@H](C)C1. The summed E-state index contributed by atoms with van der Waals surface area (Å²) in [7, 11) is 5.78. The van der Waals surface area contributed by atoms with Crippen molar-refractivity contribution in [2.75, 3.05) is 21.2 Å². The molecule has 0 aromatic carbocycles. The van der Waals surface area contributed by atoms with Crippen molar-refractivity contribution in [1.82, 2.24) is 4.90 Å². The van der Waals surface area contributed by atoms with Crippen molar-refractivity contribution in [3.63, 3.8) is 0 Å². The molecule has 0 aromatic heterocycles. The first-order valence-corrected chi connectivity index (χ1v) is 6.55. The number of esters is 1. The number of methoxy groups -OCH3 is 1. The minimum Gasteiger partial charge on any atom is -0.469 e. The van der Waals surface area contributed by atoms with Crippen LogP contribution in [0.4, 0.5) is 0 Å². The van der Waals surface area contributed by atoms with E-state index in [1.54, 1.807) is 0 Å². The Labute approximate surface area is 106 Å². The van der Waals surface area contributed by atoms with Crippen LogP contribution in [0.3, 0.4) is 0 Å². The molecule has 1 rings (SSSR count). The molecule has 0 aliphatic heterocycles. The van der Waals surface area contributed by atoms with Crippen molar-refractivity contribution in [3.8, 4) is 0 Å². The topological polar surface area (TPSA) is 29.5 Å². The van der Waals surface area contributed by atoms with Crippen LogP contribution in [-0.2, 0) is 9.53 Å². The Morgan fingerprint density at radius 2 is 1.88 bits per heavy atom. The van der Waals surface area contributed by atoms with Gasteiger partial charge in [-0.1, -0.05) is 6.92 Å². The summed E-state index contributed by atoms with van der Waals surface area (Å²) in [6.45, 7) is 6.34. The van der Waals surface area contributed by atoms with Crippen molar-refractivity contribution in [2.24, 2.45) is 17.3 Å². The van der Waals surface area contributed by atoms with Crippen LogP contribution in [0, 0.1) is 17.3 Å². The van der Waals surface area contributed by atoms with Gasteiger partial charge in [0.05, 0.1) is 12.5 Å². The maximum Gasteiger partial charge on any atom is 0.311 e. The van der Waals surface area contributed by atoms with E-state index in [-0.39, 0.29) is 11.4 Å². The summed E-state index contributed by atoms with van der Waals surface area (Å²) in [4.78, 5) is 14.1. The van der Waals surface area contributed by atoms with Crippen LogP contribution in [0.5, 0.6) is 0 Å². The molecular weight excluding hydrogens is 214 g/mol. The van der Waals surface area contributed by atoms with Crippen molar-refractivity contribution < 1.29 is 9.53 Å². The molecular formula is C14H27NO2. The van der Waals surface area contributed by atoms with Gasteiger partial charge in [0.25, 0.3) is 0 Å². The number of nitrogens with zero attached hydrogens (tertiary/aromatic N) is 1. The van der Waals surface area contributed by atoms with Crippen LogP contribution in [0.1, 0.15) is 40.0 Å². The number of hydrogen-bond acceptors (Lipinski definition) is 3. The van der Waals surface area contributed by atoms with Gasteiger partial charge in [0.15, 0.2) is 0 Å². The summed E-state index contributed by atoms with van der Waals surface area (Å²) in [6, 6.07) is 0.652. The summed E-state index contributed by atoms with van der Waals surface area (Å²) in [5.41, 5.74) is -0.347. The van der Waals surface area contributed by atoms with Crippen LogP contribution < -0.4 is 0 Å². The summed E-state index contributed by atoms with van der Waals surface area (Å²) < 4.78 is 4.93. The second kappa shape index (κ2) is 5.38. The highest BCUT2D eigenvalue weighted by Crippen LogP contribution is 2.42. The van der Waals surface area contributed by atoms with Gasteiger partial charge in [0.1, 0.15) is 0 Å². The van der Waals surface area contributed by atoms with E-state index in [9.17, 15) is 4.79 Å². The first-order valence-electron chi connectivity index (χ1n) is 6.55. The van der Waals surface area contributed by atoms with Gasteiger partial charge in [-0.3, -0.25) is 4.79 Å². The quantitative estimate of drug-likeness (QED) is 0.711. The van der Waals surface area contributed by atoms with E-state index in [0.717, 1.165) is 12.8 Å². The van der Waals surface area contributed by atoms with Crippen LogP contribution in [-0.4, -0.2) is 38.1 Å². The molecule has 0 saturated heterocycles. The van der Waals surface area contributed by atoms with Crippen LogP contribution in [0.2, 0.25) is 0 Å². The lowest BCUT2D eigenvalue weighted by Crippen LogP contribution is -2.44. The molecule has 1 saturated carbocycles. The van der Waals surface area contributed by atoms with Crippen molar-refractivity contribution >= 4 is 5.97 Å². The van der Waals surface area contributed by atoms with E-state index in [4.69, 9.17) is 4.74 Å². The molecule has 0 heterocycles. The van der Waals surface area contributed by atoms with Gasteiger partial charge in [-0.25, -0.2) is 0 Å². The smallest absolute Gasteiger partial charge is 0.311 e. The number of carbonyl (C=O) groups is 1. The lowest BCUT2D eigenvalue weighted by Gasteiger charge is -2.42. The summed E-state index contributed by atoms with van der Waals surface area (Å²) in [5, 5.41) is 0. The van der Waals surface area contributed by atoms with E-state index in [1.165, 1.54) is 13.5 Å². The minimum atomic E-state index is -0.347. The van der Waals surface area contributed by atoms with Gasteiger partial charge in [-0.15, -0.1) is 0 Å². The fourth-order valence-corrected chi connectivity index (χ4v) is 3.23. The normalized spacial score (nSPS) is 30.4. The number of carbonyl (C=O) groups excluding carboxylic acids is 1. The van der Waals surface area contributed by atoms with Crippen molar-refractivity contribution in [1.29, 1.82) is 0 Å². The molecule has 0 aromatic rings. The van der Waals surface area contributed by atoms with E-state index >= 15 is 0 Å². The van der Waals surface area contributed by atoms with Crippen LogP contribution in [0.15, 0.2) is 0 Å². The monoisotopic (exact) mass is 241 g/mol. The molecule has 3 atom stereocenters. The third-order valence-electron chi connectivity index (χ3n) is 4.52. The maximum atomic E-state index is 11.8. The number of hydrogen-bond donors (Lipinski definition) is 0. The summed E-state index contributed by atoms with van der Waals surface area (Å²) in [6.07, 6.45) is 3.42. The molecule has 3 heteroatoms. The first kappa shape index (κ1) is 14.5. The third-order valence-corrected chi connectivity index (χ3v) is 4.52. The van der Waals surface area contributed by atoms with E-state index in [1.807, 2.05) is 13.8 Å². The first-order chi connectivity index (χ1) is 7.80. The molecule has 0 unspecified atom stereocenters. The maximum absolute atomic E-state index is 11.8. The molecule has 1 fully saturated rings. The standard InChI is InChI=1S/C14H27NO2/c1-10-9-11(7-8-12(10)15(4)5)14(2,3)13(16)17-6/h10-12H,7-9H2,1-6H3/t10-,11-,12-/m1/s1. The Hall–Kier alpha value is -0.570. The Kier molecular flexibility index (Phi) is 4.59. The summed E-state index contributed by atoms with van der Waals surface area (Å²) >= 11 is 0. The van der Waals surface area contributed by atoms with Gasteiger partial charge in [-0.2, -0.15) is 0 Å². The Balaban J connectivity index is 2.69. The Bertz CT molecular complexity index is 273. The zero-order chi connectivity index (χ0) is 13.2. The molecule has 0 bridgehead atoms. The average molecular weight is 241 g/mol. The zero-order valence-corrected chi connectivity index (χ0v) is 12.1. The Morgan fingerprint density at radius 3 is 2.29 bits per heavy atom. The molecule has 0 amide bonds. The van der Waals surface area contributed by atoms with Gasteiger partial charge in [-0.05, 0) is 59.0 Å². The molecule has 0 radical (unpaired) electrons. The highest BCUT2D eigenvalue weighted by molar-refractivity contribution is 5.76. The fraction of sp³-hybridized carbons (Fsp3) is 0.929. The van der Waals surface area contributed by atoms with Crippen LogP contribution >= 0.6 is 0 Å². The third kappa shape index (κ3) is 3.01. The molecule has 0 N–H and O–H groups in total. The minimum absolute atomic E-state index is 0.0713. The van der Waals surface area contributed by atoms with Gasteiger partial charge >= 0.3 is 5.97 Å². The zero-order valence-electron chi connectivity index (χ0n) is 12.1. The lowest BCUT2D eigenvalue weighted by atomic mass is 9.67. The molecule has 1 aliphatic rings. The summed E-state index contributed by atoms with van der Waals surface area (Å²) in [5.74, 6) is 1.02. The van der Waals surface area contributed by atoms with Crippen molar-refractivity contribution in [3.05, 3.63) is 0 Å². The van der Waals surface area contributed by atoms with Crippen molar-refractivity contribution in [2.45, 2.75) is 46.1 Å². The molecule has 17 heavy (non-hydrogen) atoms. The van der Waals surface area contributed by atoms with E-state index in [2.05, 4.69) is 25.9 Å². The molecule has 3 nitrogen and oxygen atoms in total. The average Bonchev–Trinajstić information content (AvgIpc) is 2.27. The van der Waals surface area contributed by atoms with Gasteiger partial charge < -0.3 is 9.64 Å². The predicted molar refractivity (Wildman–Crippen MR) is 69.8 cm³/mol. The number of ether oxygens (including phenoxy) is 1. The second-order valence-electron chi connectivity index (χ2n) is 6.23. The van der Waals surface area contributed by atoms with Gasteiger partial charge in [0, 0.05) is 6.04 Å². The second-order valence-corrected chi connectivity index (χ2v) is 6.23. The fourth-order valence-electron chi connectivity index (χ4n) is 3.23. The van der Waals surface area contributed by atoms with E-state index < -0.39 is 0 Å². The highest BCUT2D eigenvalue weighted by Gasteiger charge is 2.42. The molecule has 1 aliphatic carbocycles. The van der Waals surface area contributed by atoms with Gasteiger partial charge in [0.2, 0.25) is 0 Å². The molecule has 100 valence electrons. The number of rotatable bonds is 3. The van der Waals surface area contributed by atoms with Crippen LogP contribution in [0.25, 0.3) is 0 Å². The molecule has 0 spiro atoms. The Morgan fingerprint density at radius 1 is 1.29 bits per heavy atom.